The SMILES string of the molecule is CCCCCCCCCCCCC(=O)OC[C@H](COP(=O)(O)OC[C@@H](O)COP(=O)(O)OC[C@@H](COC(=O)CCCCCCC)OC(=O)CCCCCCCCCCC)OC(=O)CCCCCCCCCCCCC(C)C. The Morgan fingerprint density at radius 1 is 0.351 bits per heavy atom. The Balaban J connectivity index is 5.18. The molecule has 0 aromatic rings. The molecule has 5 atom stereocenters. The number of carbonyl (C=O) groups is 4. The van der Waals surface area contributed by atoms with Crippen LogP contribution in [0.1, 0.15) is 285 Å². The summed E-state index contributed by atoms with van der Waals surface area (Å²) in [5.74, 6) is -1.40. The molecule has 0 rings (SSSR count). The molecule has 0 aliphatic carbocycles. The molecule has 0 saturated heterocycles. The molecule has 19 heteroatoms. The lowest BCUT2D eigenvalue weighted by Gasteiger charge is -2.21. The van der Waals surface area contributed by atoms with E-state index in [0.717, 1.165) is 102 Å². The summed E-state index contributed by atoms with van der Waals surface area (Å²) in [5.41, 5.74) is 0. The van der Waals surface area contributed by atoms with E-state index in [0.29, 0.717) is 25.7 Å². The molecule has 0 heterocycles. The Kier molecular flexibility index (Phi) is 50.8. The average molecular weight is 1140 g/mol. The van der Waals surface area contributed by atoms with Gasteiger partial charge < -0.3 is 33.8 Å². The summed E-state index contributed by atoms with van der Waals surface area (Å²) < 4.78 is 67.5. The van der Waals surface area contributed by atoms with Crippen molar-refractivity contribution < 1.29 is 80.2 Å². The highest BCUT2D eigenvalue weighted by Gasteiger charge is 2.30. The highest BCUT2D eigenvalue weighted by Crippen LogP contribution is 2.45. The molecular weight excluding hydrogens is 1030 g/mol. The minimum absolute atomic E-state index is 0.105. The van der Waals surface area contributed by atoms with Gasteiger partial charge in [0.25, 0.3) is 0 Å². The summed E-state index contributed by atoms with van der Waals surface area (Å²) in [6, 6.07) is 0. The maximum Gasteiger partial charge on any atom is 0.472 e. The maximum atomic E-state index is 12.9. The molecule has 17 nitrogen and oxygen atoms in total. The van der Waals surface area contributed by atoms with Crippen molar-refractivity contribution in [1.82, 2.24) is 0 Å². The van der Waals surface area contributed by atoms with Crippen molar-refractivity contribution in [2.45, 2.75) is 303 Å². The van der Waals surface area contributed by atoms with Gasteiger partial charge in [-0.1, -0.05) is 234 Å². The van der Waals surface area contributed by atoms with Gasteiger partial charge in [0.2, 0.25) is 0 Å². The van der Waals surface area contributed by atoms with Crippen molar-refractivity contribution >= 4 is 39.5 Å². The van der Waals surface area contributed by atoms with E-state index in [-0.39, 0.29) is 25.7 Å². The summed E-state index contributed by atoms with van der Waals surface area (Å²) in [7, 11) is -9.86. The third kappa shape index (κ3) is 53.2. The van der Waals surface area contributed by atoms with Crippen LogP contribution < -0.4 is 0 Å². The van der Waals surface area contributed by atoms with Gasteiger partial charge in [0.05, 0.1) is 26.4 Å². The lowest BCUT2D eigenvalue weighted by Crippen LogP contribution is -2.30. The number of hydrogen-bond acceptors (Lipinski definition) is 15. The van der Waals surface area contributed by atoms with Crippen LogP contribution in [0.3, 0.4) is 0 Å². The summed E-state index contributed by atoms with van der Waals surface area (Å²) in [4.78, 5) is 71.6. The van der Waals surface area contributed by atoms with Gasteiger partial charge >= 0.3 is 39.5 Å². The van der Waals surface area contributed by atoms with Crippen molar-refractivity contribution in [3.63, 3.8) is 0 Å². The first-order valence-corrected chi connectivity index (χ1v) is 33.6. The molecule has 77 heavy (non-hydrogen) atoms. The first-order valence-electron chi connectivity index (χ1n) is 30.6. The zero-order valence-corrected chi connectivity index (χ0v) is 50.9. The van der Waals surface area contributed by atoms with Crippen LogP contribution in [-0.4, -0.2) is 96.7 Å². The Morgan fingerprint density at radius 2 is 0.597 bits per heavy atom. The molecule has 0 fully saturated rings. The number of unbranched alkanes of at least 4 members (excludes halogenated alkanes) is 30. The van der Waals surface area contributed by atoms with Crippen LogP contribution >= 0.6 is 15.6 Å². The van der Waals surface area contributed by atoms with Gasteiger partial charge in [-0.3, -0.25) is 37.3 Å². The van der Waals surface area contributed by atoms with E-state index in [9.17, 15) is 43.2 Å². The van der Waals surface area contributed by atoms with E-state index in [1.165, 1.54) is 103 Å². The summed E-state index contributed by atoms with van der Waals surface area (Å²) in [6.07, 6.45) is 33.8. The second-order valence-electron chi connectivity index (χ2n) is 21.5. The van der Waals surface area contributed by atoms with Gasteiger partial charge in [0, 0.05) is 25.7 Å². The van der Waals surface area contributed by atoms with Crippen LogP contribution in [0.4, 0.5) is 0 Å². The number of hydrogen-bond donors (Lipinski definition) is 3. The van der Waals surface area contributed by atoms with Crippen LogP contribution in [0, 0.1) is 5.92 Å². The second kappa shape index (κ2) is 52.2. The highest BCUT2D eigenvalue weighted by atomic mass is 31.2. The molecule has 0 amide bonds. The Morgan fingerprint density at radius 3 is 0.883 bits per heavy atom. The Hall–Kier alpha value is -1.94. The zero-order chi connectivity index (χ0) is 57.1. The Labute approximate surface area is 467 Å². The third-order valence-electron chi connectivity index (χ3n) is 13.3. The molecule has 0 bridgehead atoms. The summed E-state index contributed by atoms with van der Waals surface area (Å²) in [6.45, 7) is 7.03. The normalized spacial score (nSPS) is 14.4. The van der Waals surface area contributed by atoms with Gasteiger partial charge in [-0.25, -0.2) is 9.13 Å². The number of aliphatic hydroxyl groups is 1. The average Bonchev–Trinajstić information content (AvgIpc) is 3.39. The molecule has 0 aliphatic rings. The van der Waals surface area contributed by atoms with Crippen molar-refractivity contribution in [2.24, 2.45) is 5.92 Å². The van der Waals surface area contributed by atoms with E-state index < -0.39 is 97.5 Å². The minimum Gasteiger partial charge on any atom is -0.462 e. The fourth-order valence-electron chi connectivity index (χ4n) is 8.52. The molecule has 2 unspecified atom stereocenters. The predicted octanol–water partition coefficient (Wildman–Crippen LogP) is 15.5. The van der Waals surface area contributed by atoms with Gasteiger partial charge in [0.15, 0.2) is 12.2 Å². The fourth-order valence-corrected chi connectivity index (χ4v) is 10.1. The van der Waals surface area contributed by atoms with Crippen molar-refractivity contribution in [2.75, 3.05) is 39.6 Å². The molecule has 0 aliphatic heterocycles. The molecule has 0 spiro atoms. The van der Waals surface area contributed by atoms with E-state index in [2.05, 4.69) is 34.6 Å². The Bertz CT molecular complexity index is 1520. The molecule has 0 aromatic carbocycles. The minimum atomic E-state index is -4.94. The maximum absolute atomic E-state index is 12.9. The van der Waals surface area contributed by atoms with Gasteiger partial charge in [-0.05, 0) is 31.6 Å². The van der Waals surface area contributed by atoms with Crippen molar-refractivity contribution in [3.05, 3.63) is 0 Å². The number of esters is 4. The number of phosphoric ester groups is 2. The smallest absolute Gasteiger partial charge is 0.462 e. The van der Waals surface area contributed by atoms with Crippen molar-refractivity contribution in [1.29, 1.82) is 0 Å². The van der Waals surface area contributed by atoms with E-state index in [4.69, 9.17) is 37.0 Å². The monoisotopic (exact) mass is 1140 g/mol. The van der Waals surface area contributed by atoms with E-state index in [1.807, 2.05) is 0 Å². The summed E-state index contributed by atoms with van der Waals surface area (Å²) in [5, 5.41) is 10.5. The van der Waals surface area contributed by atoms with Crippen LogP contribution in [0.2, 0.25) is 0 Å². The van der Waals surface area contributed by atoms with Crippen molar-refractivity contribution in [3.8, 4) is 0 Å². The van der Waals surface area contributed by atoms with E-state index >= 15 is 0 Å². The van der Waals surface area contributed by atoms with Gasteiger partial charge in [0.1, 0.15) is 19.3 Å². The van der Waals surface area contributed by atoms with E-state index in [1.54, 1.807) is 0 Å². The zero-order valence-electron chi connectivity index (χ0n) is 49.1. The summed E-state index contributed by atoms with van der Waals surface area (Å²) >= 11 is 0. The molecule has 3 N–H and O–H groups in total. The molecular formula is C58H112O17P2. The van der Waals surface area contributed by atoms with Gasteiger partial charge in [-0.15, -0.1) is 0 Å². The standard InChI is InChI=1S/C58H112O17P2/c1-6-9-12-15-17-19-24-27-32-37-42-56(61)69-48-54(75-58(63)44-39-34-29-25-21-20-23-26-31-35-40-51(4)5)50-73-77(66,67)71-46-52(59)45-70-76(64,65)72-49-53(47-68-55(60)41-36-30-14-11-8-3)74-57(62)43-38-33-28-22-18-16-13-10-7-2/h51-54,59H,6-50H2,1-5H3,(H,64,65)(H,66,67)/t52-,53+,54+/m0/s1. The first-order chi connectivity index (χ1) is 37.0. The number of ether oxygens (including phenoxy) is 4. The van der Waals surface area contributed by atoms with Crippen LogP contribution in [0.15, 0.2) is 0 Å². The quantitative estimate of drug-likeness (QED) is 0.0222. The molecule has 0 saturated carbocycles. The second-order valence-corrected chi connectivity index (χ2v) is 24.4. The lowest BCUT2D eigenvalue weighted by atomic mass is 10.0. The highest BCUT2D eigenvalue weighted by molar-refractivity contribution is 7.47. The third-order valence-corrected chi connectivity index (χ3v) is 15.2. The first kappa shape index (κ1) is 75.1. The van der Waals surface area contributed by atoms with Crippen LogP contribution in [-0.2, 0) is 65.4 Å². The number of rotatable bonds is 58. The topological polar surface area (TPSA) is 237 Å². The number of aliphatic hydroxyl groups excluding tert-OH is 1. The van der Waals surface area contributed by atoms with Crippen LogP contribution in [0.25, 0.3) is 0 Å². The lowest BCUT2D eigenvalue weighted by molar-refractivity contribution is -0.161. The molecule has 0 radical (unpaired) electrons. The fraction of sp³-hybridized carbons (Fsp3) is 0.931. The predicted molar refractivity (Wildman–Crippen MR) is 303 cm³/mol. The number of carbonyl (C=O) groups excluding carboxylic acids is 4. The van der Waals surface area contributed by atoms with Crippen LogP contribution in [0.5, 0.6) is 0 Å². The molecule has 0 aromatic heterocycles. The number of phosphoric acid groups is 2. The largest absolute Gasteiger partial charge is 0.472 e. The molecule has 456 valence electrons. The van der Waals surface area contributed by atoms with Gasteiger partial charge in [-0.2, -0.15) is 0 Å².